The fraction of sp³-hybridized carbons (Fsp3) is 0.158. The van der Waals surface area contributed by atoms with Gasteiger partial charge in [-0.05, 0) is 34.1 Å². The van der Waals surface area contributed by atoms with E-state index in [1.54, 1.807) is 6.07 Å². The summed E-state index contributed by atoms with van der Waals surface area (Å²) in [5.74, 6) is -1.99. The molecule has 1 aromatic heterocycles. The van der Waals surface area contributed by atoms with Gasteiger partial charge in [-0.1, -0.05) is 17.7 Å². The third-order valence-corrected chi connectivity index (χ3v) is 4.72. The zero-order valence-electron chi connectivity index (χ0n) is 14.8. The van der Waals surface area contributed by atoms with Crippen LogP contribution in [0.3, 0.4) is 0 Å². The Morgan fingerprint density at radius 2 is 1.93 bits per heavy atom. The summed E-state index contributed by atoms with van der Waals surface area (Å²) in [4.78, 5) is 23.2. The van der Waals surface area contributed by atoms with E-state index in [1.807, 2.05) is 0 Å². The van der Waals surface area contributed by atoms with Gasteiger partial charge >= 0.3 is 12.3 Å². The van der Waals surface area contributed by atoms with E-state index in [0.29, 0.717) is 0 Å². The lowest BCUT2D eigenvalue weighted by Crippen LogP contribution is -2.17. The first-order valence-corrected chi connectivity index (χ1v) is 9.39. The van der Waals surface area contributed by atoms with Crippen molar-refractivity contribution in [1.29, 1.82) is 0 Å². The first kappa shape index (κ1) is 22.0. The Balaban J connectivity index is 2.16. The van der Waals surface area contributed by atoms with Gasteiger partial charge in [0.2, 0.25) is 0 Å². The van der Waals surface area contributed by atoms with E-state index in [2.05, 4.69) is 20.7 Å². The number of carboxylic acid groups (broad SMARTS) is 1. The second kappa shape index (κ2) is 8.57. The van der Waals surface area contributed by atoms with Crippen molar-refractivity contribution in [3.05, 3.63) is 56.1 Å². The van der Waals surface area contributed by atoms with Gasteiger partial charge in [0, 0.05) is 12.1 Å². The summed E-state index contributed by atoms with van der Waals surface area (Å²) in [7, 11) is 0. The van der Waals surface area contributed by atoms with E-state index >= 15 is 0 Å². The lowest BCUT2D eigenvalue weighted by Gasteiger charge is -2.16. The summed E-state index contributed by atoms with van der Waals surface area (Å²) in [6, 6.07) is 7.86. The summed E-state index contributed by atoms with van der Waals surface area (Å²) in [5.41, 5.74) is -0.248. The van der Waals surface area contributed by atoms with Crippen molar-refractivity contribution in [3.63, 3.8) is 0 Å². The summed E-state index contributed by atoms with van der Waals surface area (Å²) >= 11 is 9.08. The summed E-state index contributed by atoms with van der Waals surface area (Å²) < 4.78 is 52.9. The van der Waals surface area contributed by atoms with Crippen LogP contribution in [0.25, 0.3) is 22.3 Å². The van der Waals surface area contributed by atoms with Crippen molar-refractivity contribution >= 4 is 44.5 Å². The van der Waals surface area contributed by atoms with Crippen LogP contribution in [-0.4, -0.2) is 24.0 Å². The summed E-state index contributed by atoms with van der Waals surface area (Å²) in [5, 5.41) is 9.16. The van der Waals surface area contributed by atoms with Crippen LogP contribution in [0.1, 0.15) is 6.42 Å². The van der Waals surface area contributed by atoms with E-state index < -0.39 is 29.9 Å². The minimum Gasteiger partial charge on any atom is -0.492 e. The highest BCUT2D eigenvalue weighted by Gasteiger charge is 2.32. The summed E-state index contributed by atoms with van der Waals surface area (Å²) in [6.07, 6.45) is -5.37. The van der Waals surface area contributed by atoms with Gasteiger partial charge < -0.3 is 19.0 Å². The minimum atomic E-state index is -4.97. The van der Waals surface area contributed by atoms with E-state index in [9.17, 15) is 22.8 Å². The highest BCUT2D eigenvalue weighted by atomic mass is 79.9. The fourth-order valence-electron chi connectivity index (χ4n) is 2.57. The number of ether oxygens (including phenoxy) is 2. The van der Waals surface area contributed by atoms with Crippen molar-refractivity contribution < 1.29 is 37.0 Å². The lowest BCUT2D eigenvalue weighted by atomic mass is 10.1. The van der Waals surface area contributed by atoms with Gasteiger partial charge in [-0.3, -0.25) is 9.59 Å². The van der Waals surface area contributed by atoms with Gasteiger partial charge in [-0.25, -0.2) is 0 Å². The predicted molar refractivity (Wildman–Crippen MR) is 105 cm³/mol. The topological polar surface area (TPSA) is 86.0 Å². The minimum absolute atomic E-state index is 0.0369. The Morgan fingerprint density at radius 1 is 1.20 bits per heavy atom. The zero-order chi connectivity index (χ0) is 22.1. The quantitative estimate of drug-likeness (QED) is 0.466. The molecule has 0 aliphatic rings. The molecule has 2 aromatic carbocycles. The molecule has 6 nitrogen and oxygen atoms in total. The molecule has 1 N–H and O–H groups in total. The van der Waals surface area contributed by atoms with Gasteiger partial charge in [0.15, 0.2) is 11.0 Å². The molecule has 0 aliphatic heterocycles. The van der Waals surface area contributed by atoms with E-state index in [1.165, 1.54) is 18.2 Å². The normalized spacial score (nSPS) is 11.5. The molecule has 158 valence electrons. The van der Waals surface area contributed by atoms with Crippen LogP contribution in [0.5, 0.6) is 11.5 Å². The molecule has 0 unspecified atom stereocenters. The molecule has 0 fully saturated rings. The van der Waals surface area contributed by atoms with Crippen molar-refractivity contribution in [1.82, 2.24) is 0 Å². The third kappa shape index (κ3) is 5.06. The van der Waals surface area contributed by atoms with Crippen LogP contribution < -0.4 is 14.9 Å². The number of hydrogen-bond donors (Lipinski definition) is 1. The molecule has 0 radical (unpaired) electrons. The van der Waals surface area contributed by atoms with E-state index in [4.69, 9.17) is 25.9 Å². The van der Waals surface area contributed by atoms with Crippen LogP contribution >= 0.6 is 27.5 Å². The number of hydrogen-bond acceptors (Lipinski definition) is 5. The van der Waals surface area contributed by atoms with Crippen molar-refractivity contribution in [3.8, 4) is 22.8 Å². The van der Waals surface area contributed by atoms with Gasteiger partial charge in [0.1, 0.15) is 17.3 Å². The van der Waals surface area contributed by atoms with Gasteiger partial charge in [-0.2, -0.15) is 0 Å². The first-order chi connectivity index (χ1) is 14.0. The van der Waals surface area contributed by atoms with Gasteiger partial charge in [0.25, 0.3) is 0 Å². The first-order valence-electron chi connectivity index (χ1n) is 8.22. The maximum atomic E-state index is 12.7. The Hall–Kier alpha value is -2.72. The van der Waals surface area contributed by atoms with Crippen LogP contribution in [0.15, 0.2) is 50.1 Å². The number of rotatable bonds is 6. The number of carboxylic acids is 1. The van der Waals surface area contributed by atoms with Crippen LogP contribution in [0.4, 0.5) is 13.2 Å². The highest BCUT2D eigenvalue weighted by Crippen LogP contribution is 2.41. The molecular weight excluding hydrogens is 497 g/mol. The monoisotopic (exact) mass is 506 g/mol. The fourth-order valence-corrected chi connectivity index (χ4v) is 3.21. The van der Waals surface area contributed by atoms with Crippen LogP contribution in [-0.2, 0) is 4.79 Å². The molecule has 0 atom stereocenters. The highest BCUT2D eigenvalue weighted by molar-refractivity contribution is 9.10. The number of aliphatic carboxylic acids is 1. The Bertz CT molecular complexity index is 1180. The molecule has 0 saturated carbocycles. The number of carbonyl (C=O) groups is 1. The Kier molecular flexibility index (Phi) is 6.27. The third-order valence-electron chi connectivity index (χ3n) is 3.81. The van der Waals surface area contributed by atoms with E-state index in [0.717, 1.165) is 12.1 Å². The van der Waals surface area contributed by atoms with E-state index in [-0.39, 0.29) is 44.1 Å². The standard InChI is InChI=1S/C19H11BrClF3O6/c20-11-6-10(15-7-13(25)9-2-1-3-12(21)18(9)29-15)14(28-5-4-17(26)27)8-16(11)30-19(22,23)24/h1-3,6-8H,4-5H2,(H,26,27). The number of fused-ring (bicyclic) bond motifs is 1. The largest absolute Gasteiger partial charge is 0.573 e. The molecule has 0 bridgehead atoms. The Morgan fingerprint density at radius 3 is 2.60 bits per heavy atom. The molecule has 11 heteroatoms. The van der Waals surface area contributed by atoms with Gasteiger partial charge in [-0.15, -0.1) is 13.2 Å². The van der Waals surface area contributed by atoms with Crippen molar-refractivity contribution in [2.75, 3.05) is 6.61 Å². The maximum Gasteiger partial charge on any atom is 0.573 e. The average Bonchev–Trinajstić information content (AvgIpc) is 2.63. The maximum absolute atomic E-state index is 12.7. The number of halogens is 5. The van der Waals surface area contributed by atoms with Crippen molar-refractivity contribution in [2.45, 2.75) is 12.8 Å². The molecule has 0 aliphatic carbocycles. The molecular formula is C19H11BrClF3O6. The molecule has 3 rings (SSSR count). The number of benzene rings is 2. The molecule has 0 saturated heterocycles. The number of alkyl halides is 3. The Labute approximate surface area is 179 Å². The lowest BCUT2D eigenvalue weighted by molar-refractivity contribution is -0.274. The molecule has 0 spiro atoms. The SMILES string of the molecule is O=C(O)CCOc1cc(OC(F)(F)F)c(Br)cc1-c1cc(=O)c2cccc(Cl)c2o1. The number of para-hydroxylation sites is 1. The zero-order valence-corrected chi connectivity index (χ0v) is 17.1. The smallest absolute Gasteiger partial charge is 0.492 e. The van der Waals surface area contributed by atoms with Gasteiger partial charge in [0.05, 0.1) is 33.5 Å². The second-order valence-electron chi connectivity index (χ2n) is 5.91. The second-order valence-corrected chi connectivity index (χ2v) is 7.17. The summed E-state index contributed by atoms with van der Waals surface area (Å²) in [6.45, 7) is -0.339. The predicted octanol–water partition coefficient (Wildman–Crippen LogP) is 5.63. The molecule has 3 aromatic rings. The molecule has 1 heterocycles. The van der Waals surface area contributed by atoms with Crippen molar-refractivity contribution in [2.24, 2.45) is 0 Å². The molecule has 0 amide bonds. The van der Waals surface area contributed by atoms with Crippen LogP contribution in [0, 0.1) is 0 Å². The molecule has 30 heavy (non-hydrogen) atoms. The average molecular weight is 508 g/mol. The van der Waals surface area contributed by atoms with Crippen LogP contribution in [0.2, 0.25) is 5.02 Å².